The van der Waals surface area contributed by atoms with E-state index in [1.54, 1.807) is 12.4 Å². The van der Waals surface area contributed by atoms with Crippen LogP contribution < -0.4 is 5.32 Å². The van der Waals surface area contributed by atoms with Gasteiger partial charge in [-0.2, -0.15) is 0 Å². The van der Waals surface area contributed by atoms with Crippen LogP contribution in [-0.4, -0.2) is 54.4 Å². The van der Waals surface area contributed by atoms with Gasteiger partial charge in [0, 0.05) is 43.0 Å². The highest BCUT2D eigenvalue weighted by atomic mass is 16.2. The first-order valence-electron chi connectivity index (χ1n) is 11.1. The Morgan fingerprint density at radius 2 is 1.88 bits per heavy atom. The molecule has 0 radical (unpaired) electrons. The van der Waals surface area contributed by atoms with Crippen LogP contribution in [0.25, 0.3) is 11.4 Å². The van der Waals surface area contributed by atoms with E-state index in [-0.39, 0.29) is 29.9 Å². The Hall–Kier alpha value is -3.55. The molecule has 8 nitrogen and oxygen atoms in total. The van der Waals surface area contributed by atoms with Crippen LogP contribution in [0.3, 0.4) is 0 Å². The Balaban J connectivity index is 1.57. The summed E-state index contributed by atoms with van der Waals surface area (Å²) in [5.41, 5.74) is 2.67. The fraction of sp³-hybridized carbons (Fsp3) is 0.375. The Bertz CT molecular complexity index is 1140. The number of hydrogen-bond donors (Lipinski definition) is 1. The highest BCUT2D eigenvalue weighted by molar-refractivity contribution is 5.95. The van der Waals surface area contributed by atoms with Crippen molar-refractivity contribution in [1.82, 2.24) is 29.7 Å². The zero-order valence-corrected chi connectivity index (χ0v) is 18.2. The molecule has 1 saturated heterocycles. The van der Waals surface area contributed by atoms with Crippen molar-refractivity contribution in [1.29, 1.82) is 0 Å². The van der Waals surface area contributed by atoms with Crippen molar-refractivity contribution in [2.24, 2.45) is 0 Å². The normalized spacial score (nSPS) is 19.5. The number of imidazole rings is 1. The highest BCUT2D eigenvalue weighted by Gasteiger charge is 2.42. The number of carbonyl (C=O) groups excluding carboxylic acids is 2. The molecule has 32 heavy (non-hydrogen) atoms. The van der Waals surface area contributed by atoms with Gasteiger partial charge in [0.05, 0.1) is 17.9 Å². The number of benzene rings is 1. The number of nitrogens with one attached hydrogen (secondary N) is 1. The van der Waals surface area contributed by atoms with Crippen LogP contribution in [0, 0.1) is 0 Å². The van der Waals surface area contributed by atoms with Gasteiger partial charge in [0.2, 0.25) is 0 Å². The number of fused-ring (bicyclic) bond motifs is 3. The number of nitrogens with zero attached hydrogens (tertiary/aromatic N) is 5. The molecule has 1 N–H and O–H groups in total. The van der Waals surface area contributed by atoms with E-state index in [0.717, 1.165) is 29.9 Å². The van der Waals surface area contributed by atoms with Gasteiger partial charge in [-0.3, -0.25) is 14.6 Å². The lowest BCUT2D eigenvalue weighted by atomic mass is 10.0. The third kappa shape index (κ3) is 3.55. The maximum Gasteiger partial charge on any atom is 0.274 e. The Labute approximate surface area is 186 Å². The Kier molecular flexibility index (Phi) is 5.20. The Morgan fingerprint density at radius 1 is 1.09 bits per heavy atom. The fourth-order valence-electron chi connectivity index (χ4n) is 4.86. The molecule has 164 valence electrons. The molecule has 2 bridgehead atoms. The molecule has 1 fully saturated rings. The minimum absolute atomic E-state index is 0.00156. The summed E-state index contributed by atoms with van der Waals surface area (Å²) in [6.07, 6.45) is 7.03. The Morgan fingerprint density at radius 3 is 2.59 bits per heavy atom. The lowest BCUT2D eigenvalue weighted by Crippen LogP contribution is -2.42. The molecule has 0 aliphatic carbocycles. The maximum absolute atomic E-state index is 13.3. The molecular weight excluding hydrogens is 404 g/mol. The van der Waals surface area contributed by atoms with E-state index in [2.05, 4.69) is 19.9 Å². The molecule has 3 aromatic rings. The second kappa shape index (κ2) is 8.18. The van der Waals surface area contributed by atoms with Gasteiger partial charge in [-0.1, -0.05) is 30.3 Å². The second-order valence-electron chi connectivity index (χ2n) is 8.73. The van der Waals surface area contributed by atoms with Crippen LogP contribution in [0.2, 0.25) is 0 Å². The summed E-state index contributed by atoms with van der Waals surface area (Å²) in [4.78, 5) is 41.4. The van der Waals surface area contributed by atoms with Gasteiger partial charge in [-0.05, 0) is 26.7 Å². The van der Waals surface area contributed by atoms with Gasteiger partial charge in [-0.15, -0.1) is 0 Å². The van der Waals surface area contributed by atoms with Gasteiger partial charge in [0.1, 0.15) is 17.2 Å². The van der Waals surface area contributed by atoms with Crippen LogP contribution in [0.15, 0.2) is 48.9 Å². The maximum atomic E-state index is 13.3. The lowest BCUT2D eigenvalue weighted by molar-refractivity contribution is 0.0659. The molecule has 5 rings (SSSR count). The predicted molar refractivity (Wildman–Crippen MR) is 119 cm³/mol. The van der Waals surface area contributed by atoms with Crippen LogP contribution >= 0.6 is 0 Å². The van der Waals surface area contributed by atoms with Crippen molar-refractivity contribution < 1.29 is 9.59 Å². The minimum Gasteiger partial charge on any atom is -0.348 e. The molecule has 8 heteroatoms. The van der Waals surface area contributed by atoms with Crippen molar-refractivity contribution in [2.75, 3.05) is 0 Å². The van der Waals surface area contributed by atoms with Crippen molar-refractivity contribution in [2.45, 2.75) is 57.8 Å². The summed E-state index contributed by atoms with van der Waals surface area (Å²) in [7, 11) is 0. The standard InChI is InChI=1S/C24H26N6O2/c1-15(2)27-23(31)21-20-12-17-8-9-18(30(17)24(32)19-13-25-10-11-26-19)14-29(20)22(28-21)16-6-4-3-5-7-16/h3-7,10-11,13,15,17-18H,8-9,12,14H2,1-2H3,(H,27,31)/t17-,18+/m0/s1. The van der Waals surface area contributed by atoms with Crippen molar-refractivity contribution in [3.8, 4) is 11.4 Å². The number of carbonyl (C=O) groups is 2. The summed E-state index contributed by atoms with van der Waals surface area (Å²) in [5, 5.41) is 2.98. The molecule has 2 aliphatic heterocycles. The van der Waals surface area contributed by atoms with Crippen LogP contribution in [0.4, 0.5) is 0 Å². The smallest absolute Gasteiger partial charge is 0.274 e. The van der Waals surface area contributed by atoms with Crippen molar-refractivity contribution >= 4 is 11.8 Å². The third-order valence-corrected chi connectivity index (χ3v) is 6.20. The topological polar surface area (TPSA) is 93.0 Å². The average molecular weight is 431 g/mol. The summed E-state index contributed by atoms with van der Waals surface area (Å²) < 4.78 is 2.14. The quantitative estimate of drug-likeness (QED) is 0.687. The van der Waals surface area contributed by atoms with Gasteiger partial charge < -0.3 is 14.8 Å². The molecule has 0 saturated carbocycles. The van der Waals surface area contributed by atoms with Gasteiger partial charge >= 0.3 is 0 Å². The highest BCUT2D eigenvalue weighted by Crippen LogP contribution is 2.36. The molecule has 2 amide bonds. The first-order valence-corrected chi connectivity index (χ1v) is 11.1. The third-order valence-electron chi connectivity index (χ3n) is 6.20. The number of amides is 2. The second-order valence-corrected chi connectivity index (χ2v) is 8.73. The van der Waals surface area contributed by atoms with E-state index < -0.39 is 0 Å². The molecule has 1 aromatic carbocycles. The zero-order chi connectivity index (χ0) is 22.2. The number of rotatable bonds is 4. The predicted octanol–water partition coefficient (Wildman–Crippen LogP) is 2.71. The van der Waals surface area contributed by atoms with Gasteiger partial charge in [0.25, 0.3) is 11.8 Å². The molecule has 2 aromatic heterocycles. The van der Waals surface area contributed by atoms with E-state index in [4.69, 9.17) is 4.98 Å². The largest absolute Gasteiger partial charge is 0.348 e. The first kappa shape index (κ1) is 20.4. The van der Waals surface area contributed by atoms with E-state index in [1.165, 1.54) is 6.20 Å². The van der Waals surface area contributed by atoms with Crippen molar-refractivity contribution in [3.63, 3.8) is 0 Å². The van der Waals surface area contributed by atoms with E-state index >= 15 is 0 Å². The SMILES string of the molecule is CC(C)NC(=O)c1nc(-c2ccccc2)n2c1C[C@@H]1CC[C@H](C2)N1C(=O)c1cnccn1. The lowest BCUT2D eigenvalue weighted by Gasteiger charge is -2.27. The monoisotopic (exact) mass is 430 g/mol. The average Bonchev–Trinajstić information content (AvgIpc) is 3.30. The molecule has 2 atom stereocenters. The first-order chi connectivity index (χ1) is 15.5. The summed E-state index contributed by atoms with van der Waals surface area (Å²) in [6.45, 7) is 4.48. The molecular formula is C24H26N6O2. The van der Waals surface area contributed by atoms with Crippen molar-refractivity contribution in [3.05, 3.63) is 66.0 Å². The van der Waals surface area contributed by atoms with Gasteiger partial charge in [-0.25, -0.2) is 9.97 Å². The van der Waals surface area contributed by atoms with Crippen LogP contribution in [0.5, 0.6) is 0 Å². The number of aromatic nitrogens is 4. The number of hydrogen-bond acceptors (Lipinski definition) is 5. The van der Waals surface area contributed by atoms with E-state index in [0.29, 0.717) is 24.4 Å². The molecule has 4 heterocycles. The van der Waals surface area contributed by atoms with Gasteiger partial charge in [0.15, 0.2) is 0 Å². The van der Waals surface area contributed by atoms with Crippen LogP contribution in [0.1, 0.15) is 53.4 Å². The zero-order valence-electron chi connectivity index (χ0n) is 18.2. The van der Waals surface area contributed by atoms with E-state index in [1.807, 2.05) is 49.1 Å². The minimum atomic E-state index is -0.171. The summed E-state index contributed by atoms with van der Waals surface area (Å²) in [6, 6.07) is 9.95. The summed E-state index contributed by atoms with van der Waals surface area (Å²) >= 11 is 0. The fourth-order valence-corrected chi connectivity index (χ4v) is 4.86. The van der Waals surface area contributed by atoms with Crippen LogP contribution in [-0.2, 0) is 13.0 Å². The molecule has 2 aliphatic rings. The van der Waals surface area contributed by atoms with E-state index in [9.17, 15) is 9.59 Å². The molecule has 0 unspecified atom stereocenters. The molecule has 0 spiro atoms. The summed E-state index contributed by atoms with van der Waals surface area (Å²) in [5.74, 6) is 0.503.